The minimum atomic E-state index is -1.19. The van der Waals surface area contributed by atoms with Crippen LogP contribution in [0, 0.1) is 5.92 Å². The minimum absolute atomic E-state index is 0.0896. The number of fused-ring (bicyclic) bond motifs is 1. The number of aromatic amines is 1. The highest BCUT2D eigenvalue weighted by Gasteiger charge is 2.25. The monoisotopic (exact) mass is 441 g/mol. The van der Waals surface area contributed by atoms with E-state index in [1.165, 1.54) is 12.5 Å². The van der Waals surface area contributed by atoms with E-state index in [2.05, 4.69) is 27.8 Å². The Hall–Kier alpha value is -2.71. The average molecular weight is 442 g/mol. The number of carbonyl (C=O) groups is 1. The van der Waals surface area contributed by atoms with Crippen LogP contribution >= 0.6 is 0 Å². The normalized spacial score (nSPS) is 16.8. The van der Waals surface area contributed by atoms with Crippen molar-refractivity contribution in [2.45, 2.75) is 37.0 Å². The summed E-state index contributed by atoms with van der Waals surface area (Å²) in [5.41, 5.74) is 3.03. The molecule has 0 saturated carbocycles. The Kier molecular flexibility index (Phi) is 6.67. The Bertz CT molecular complexity index is 1130. The molecular formula is C23H27N3O4S. The highest BCUT2D eigenvalue weighted by atomic mass is 32.2. The van der Waals surface area contributed by atoms with Gasteiger partial charge in [0.15, 0.2) is 5.58 Å². The minimum Gasteiger partial charge on any atom is -0.408 e. The second-order valence-electron chi connectivity index (χ2n) is 8.01. The lowest BCUT2D eigenvalue weighted by atomic mass is 9.79. The number of carbonyl (C=O) groups excluding carboxylic acids is 1. The van der Waals surface area contributed by atoms with Crippen LogP contribution in [-0.4, -0.2) is 33.9 Å². The molecule has 2 heterocycles. The number of benzene rings is 2. The zero-order valence-corrected chi connectivity index (χ0v) is 18.3. The largest absolute Gasteiger partial charge is 0.417 e. The van der Waals surface area contributed by atoms with Crippen LogP contribution in [0.1, 0.15) is 37.7 Å². The van der Waals surface area contributed by atoms with Gasteiger partial charge in [-0.05, 0) is 80.1 Å². The van der Waals surface area contributed by atoms with Crippen LogP contribution in [0.2, 0.25) is 0 Å². The summed E-state index contributed by atoms with van der Waals surface area (Å²) in [5, 5.41) is 6.22. The van der Waals surface area contributed by atoms with E-state index < -0.39 is 16.6 Å². The predicted molar refractivity (Wildman–Crippen MR) is 122 cm³/mol. The molecular weight excluding hydrogens is 414 g/mol. The molecule has 1 aliphatic heterocycles. The molecule has 0 spiro atoms. The molecule has 1 aromatic heterocycles. The fraction of sp³-hybridized carbons (Fsp3) is 0.391. The molecule has 7 nitrogen and oxygen atoms in total. The van der Waals surface area contributed by atoms with E-state index in [-0.39, 0.29) is 5.91 Å². The van der Waals surface area contributed by atoms with Crippen LogP contribution in [0.4, 0.5) is 5.69 Å². The van der Waals surface area contributed by atoms with Crippen LogP contribution < -0.4 is 16.4 Å². The summed E-state index contributed by atoms with van der Waals surface area (Å²) in [6.07, 6.45) is 2.97. The first kappa shape index (κ1) is 21.5. The van der Waals surface area contributed by atoms with E-state index in [1.807, 2.05) is 12.1 Å². The zero-order chi connectivity index (χ0) is 21.8. The van der Waals surface area contributed by atoms with Crippen LogP contribution in [0.5, 0.6) is 0 Å². The van der Waals surface area contributed by atoms with Gasteiger partial charge in [0, 0.05) is 23.3 Å². The summed E-state index contributed by atoms with van der Waals surface area (Å²) < 4.78 is 18.1. The smallest absolute Gasteiger partial charge is 0.408 e. The molecule has 4 rings (SSSR count). The van der Waals surface area contributed by atoms with Crippen LogP contribution in [0.15, 0.2) is 56.6 Å². The highest BCUT2D eigenvalue weighted by Crippen LogP contribution is 2.35. The molecule has 1 saturated heterocycles. The standard InChI is InChI=1S/C23H27N3O4S/c1-15(27)25-18-4-2-16(3-5-18)20(17-8-11-24-12-9-17)10-13-31(29)19-6-7-21-22(14-19)30-23(28)26-21/h2-7,14,17,20,24H,8-13H2,1H3,(H,25,27)(H,26,28). The van der Waals surface area contributed by atoms with E-state index in [0.29, 0.717) is 33.6 Å². The van der Waals surface area contributed by atoms with Crippen molar-refractivity contribution in [3.8, 4) is 0 Å². The van der Waals surface area contributed by atoms with E-state index >= 15 is 0 Å². The summed E-state index contributed by atoms with van der Waals surface area (Å²) >= 11 is 0. The average Bonchev–Trinajstić information content (AvgIpc) is 3.14. The molecule has 3 aromatic rings. The first-order chi connectivity index (χ1) is 15.0. The van der Waals surface area contributed by atoms with E-state index in [9.17, 15) is 13.8 Å². The number of rotatable bonds is 7. The lowest BCUT2D eigenvalue weighted by molar-refractivity contribution is -0.114. The number of hydrogen-bond acceptors (Lipinski definition) is 5. The summed E-state index contributed by atoms with van der Waals surface area (Å²) in [4.78, 5) is 25.9. The number of aromatic nitrogens is 1. The first-order valence-corrected chi connectivity index (χ1v) is 11.9. The number of piperidine rings is 1. The van der Waals surface area contributed by atoms with Crippen molar-refractivity contribution < 1.29 is 13.4 Å². The van der Waals surface area contributed by atoms with Gasteiger partial charge in [0.05, 0.1) is 16.3 Å². The van der Waals surface area contributed by atoms with Crippen molar-refractivity contribution in [1.82, 2.24) is 10.3 Å². The van der Waals surface area contributed by atoms with Gasteiger partial charge in [-0.15, -0.1) is 0 Å². The Morgan fingerprint density at radius 2 is 1.94 bits per heavy atom. The topological polar surface area (TPSA) is 104 Å². The van der Waals surface area contributed by atoms with Crippen molar-refractivity contribution in [3.05, 3.63) is 58.6 Å². The number of amides is 1. The highest BCUT2D eigenvalue weighted by molar-refractivity contribution is 7.85. The molecule has 2 atom stereocenters. The predicted octanol–water partition coefficient (Wildman–Crippen LogP) is 3.36. The third kappa shape index (κ3) is 5.32. The Morgan fingerprint density at radius 3 is 2.65 bits per heavy atom. The molecule has 1 amide bonds. The molecule has 1 aliphatic rings. The van der Waals surface area contributed by atoms with Crippen LogP contribution in [-0.2, 0) is 15.6 Å². The van der Waals surface area contributed by atoms with Gasteiger partial charge in [0.2, 0.25) is 5.91 Å². The Morgan fingerprint density at radius 1 is 1.19 bits per heavy atom. The van der Waals surface area contributed by atoms with Crippen LogP contribution in [0.25, 0.3) is 11.1 Å². The van der Waals surface area contributed by atoms with Crippen molar-refractivity contribution >= 4 is 33.5 Å². The quantitative estimate of drug-likeness (QED) is 0.522. The molecule has 0 aliphatic carbocycles. The zero-order valence-electron chi connectivity index (χ0n) is 17.5. The van der Waals surface area contributed by atoms with Gasteiger partial charge in [-0.1, -0.05) is 12.1 Å². The SMILES string of the molecule is CC(=O)Nc1ccc(C(CCS(=O)c2ccc3[nH]c(=O)oc3c2)C2CCNCC2)cc1. The second-order valence-corrected chi connectivity index (χ2v) is 9.58. The number of oxazole rings is 1. The molecule has 3 N–H and O–H groups in total. The van der Waals surface area contributed by atoms with Crippen molar-refractivity contribution in [1.29, 1.82) is 0 Å². The number of hydrogen-bond donors (Lipinski definition) is 3. The lowest BCUT2D eigenvalue weighted by Crippen LogP contribution is -2.31. The lowest BCUT2D eigenvalue weighted by Gasteiger charge is -2.31. The second kappa shape index (κ2) is 9.62. The molecule has 1 fully saturated rings. The molecule has 2 unspecified atom stereocenters. The van der Waals surface area contributed by atoms with Crippen molar-refractivity contribution in [2.75, 3.05) is 24.2 Å². The number of anilines is 1. The molecule has 0 radical (unpaired) electrons. The van der Waals surface area contributed by atoms with Crippen molar-refractivity contribution in [2.24, 2.45) is 5.92 Å². The van der Waals surface area contributed by atoms with Gasteiger partial charge in [-0.3, -0.25) is 14.0 Å². The van der Waals surface area contributed by atoms with Gasteiger partial charge in [0.25, 0.3) is 0 Å². The fourth-order valence-corrected chi connectivity index (χ4v) is 5.52. The maximum Gasteiger partial charge on any atom is 0.417 e. The Labute approximate surface area is 183 Å². The van der Waals surface area contributed by atoms with E-state index in [1.54, 1.807) is 18.2 Å². The number of H-pyrrole nitrogens is 1. The van der Waals surface area contributed by atoms with Gasteiger partial charge >= 0.3 is 5.76 Å². The summed E-state index contributed by atoms with van der Waals surface area (Å²) in [7, 11) is -1.19. The maximum absolute atomic E-state index is 13.0. The van der Waals surface area contributed by atoms with Gasteiger partial charge in [-0.2, -0.15) is 0 Å². The molecule has 2 aromatic carbocycles. The van der Waals surface area contributed by atoms with E-state index in [4.69, 9.17) is 4.42 Å². The molecule has 31 heavy (non-hydrogen) atoms. The van der Waals surface area contributed by atoms with Crippen LogP contribution in [0.3, 0.4) is 0 Å². The third-order valence-electron chi connectivity index (χ3n) is 5.88. The van der Waals surface area contributed by atoms with Gasteiger partial charge < -0.3 is 15.1 Å². The third-order valence-corrected chi connectivity index (χ3v) is 7.27. The summed E-state index contributed by atoms with van der Waals surface area (Å²) in [6, 6.07) is 13.2. The molecule has 0 bridgehead atoms. The first-order valence-electron chi connectivity index (χ1n) is 10.6. The summed E-state index contributed by atoms with van der Waals surface area (Å²) in [5.74, 6) is 0.753. The molecule has 8 heteroatoms. The van der Waals surface area contributed by atoms with Crippen molar-refractivity contribution in [3.63, 3.8) is 0 Å². The summed E-state index contributed by atoms with van der Waals surface area (Å²) in [6.45, 7) is 3.49. The number of nitrogens with one attached hydrogen (secondary N) is 3. The van der Waals surface area contributed by atoms with Gasteiger partial charge in [-0.25, -0.2) is 4.79 Å². The fourth-order valence-electron chi connectivity index (χ4n) is 4.36. The maximum atomic E-state index is 13.0. The van der Waals surface area contributed by atoms with Gasteiger partial charge in [0.1, 0.15) is 0 Å². The molecule has 164 valence electrons. The Balaban J connectivity index is 1.50. The van der Waals surface area contributed by atoms with E-state index in [0.717, 1.165) is 38.0 Å².